The number of carbonyl (C=O) groups excluding carboxylic acids is 1. The number of amides is 2. The number of nitrogens with zero attached hydrogens (tertiary/aromatic N) is 3. The van der Waals surface area contributed by atoms with Crippen LogP contribution < -0.4 is 20.3 Å². The molecule has 4 rings (SSSR count). The fourth-order valence-electron chi connectivity index (χ4n) is 4.41. The number of aromatic nitrogens is 2. The molecule has 0 spiro atoms. The summed E-state index contributed by atoms with van der Waals surface area (Å²) in [6.07, 6.45) is -0.255. The topological polar surface area (TPSA) is 89.9 Å². The fourth-order valence-corrected chi connectivity index (χ4v) is 4.41. The Hall–Kier alpha value is -3.56. The molecule has 9 heteroatoms. The Kier molecular flexibility index (Phi) is 8.58. The van der Waals surface area contributed by atoms with E-state index in [1.54, 1.807) is 11.8 Å². The van der Waals surface area contributed by atoms with Crippen molar-refractivity contribution >= 4 is 17.5 Å². The molecule has 3 aromatic rings. The number of anilines is 2. The smallest absolute Gasteiger partial charge is 0.320 e. The van der Waals surface area contributed by atoms with Crippen molar-refractivity contribution in [3.8, 4) is 11.4 Å². The van der Waals surface area contributed by atoms with Crippen LogP contribution in [0.25, 0.3) is 5.69 Å². The fraction of sp³-hybridized carbons (Fsp3) is 0.448. The SMILES string of the molecule is CCOC1CN(c2ccccc2CNC(=O)Nc2cc(C(C)(C)C)nn2-c2ccc(C)cc2OC)CCO1. The molecular formula is C29H39N5O4. The summed E-state index contributed by atoms with van der Waals surface area (Å²) in [5.41, 5.74) is 4.57. The summed E-state index contributed by atoms with van der Waals surface area (Å²) >= 11 is 0. The molecule has 2 aromatic carbocycles. The highest BCUT2D eigenvalue weighted by atomic mass is 16.7. The van der Waals surface area contributed by atoms with Gasteiger partial charge in [-0.15, -0.1) is 0 Å². The summed E-state index contributed by atoms with van der Waals surface area (Å²) in [6.45, 7) is 13.2. The lowest BCUT2D eigenvalue weighted by Gasteiger charge is -2.35. The molecule has 38 heavy (non-hydrogen) atoms. The quantitative estimate of drug-likeness (QED) is 0.433. The van der Waals surface area contributed by atoms with Crippen LogP contribution in [0.4, 0.5) is 16.3 Å². The van der Waals surface area contributed by atoms with Gasteiger partial charge >= 0.3 is 6.03 Å². The average Bonchev–Trinajstić information content (AvgIpc) is 3.32. The van der Waals surface area contributed by atoms with Gasteiger partial charge in [-0.2, -0.15) is 5.10 Å². The molecule has 1 unspecified atom stereocenters. The van der Waals surface area contributed by atoms with E-state index in [1.807, 2.05) is 56.3 Å². The van der Waals surface area contributed by atoms with E-state index in [2.05, 4.69) is 42.4 Å². The number of para-hydroxylation sites is 1. The highest BCUT2D eigenvalue weighted by Gasteiger charge is 2.24. The maximum Gasteiger partial charge on any atom is 0.320 e. The molecule has 9 nitrogen and oxygen atoms in total. The van der Waals surface area contributed by atoms with Crippen LogP contribution >= 0.6 is 0 Å². The molecule has 204 valence electrons. The standard InChI is InChI=1S/C29H39N5O4/c1-7-37-27-19-33(14-15-38-27)22-11-9-8-10-21(22)18-30-28(35)31-26-17-25(29(3,4)5)32-34(26)23-13-12-20(2)16-24(23)36-6/h8-13,16-17,27H,7,14-15,18-19H2,1-6H3,(H2,30,31,35). The minimum Gasteiger partial charge on any atom is -0.494 e. The molecular weight excluding hydrogens is 482 g/mol. The van der Waals surface area contributed by atoms with Crippen LogP contribution in [0.1, 0.15) is 44.5 Å². The van der Waals surface area contributed by atoms with Gasteiger partial charge in [0.15, 0.2) is 6.29 Å². The molecule has 1 fully saturated rings. The second kappa shape index (κ2) is 11.9. The van der Waals surface area contributed by atoms with Crippen LogP contribution in [0, 0.1) is 6.92 Å². The number of morpholine rings is 1. The minimum absolute atomic E-state index is 0.202. The molecule has 1 aliphatic rings. The minimum atomic E-state index is -0.318. The number of ether oxygens (including phenoxy) is 3. The molecule has 2 amide bonds. The van der Waals surface area contributed by atoms with E-state index in [4.69, 9.17) is 19.3 Å². The number of rotatable bonds is 8. The van der Waals surface area contributed by atoms with E-state index in [0.29, 0.717) is 37.9 Å². The van der Waals surface area contributed by atoms with Gasteiger partial charge in [-0.1, -0.05) is 45.0 Å². The van der Waals surface area contributed by atoms with Crippen molar-refractivity contribution in [1.82, 2.24) is 15.1 Å². The van der Waals surface area contributed by atoms with Gasteiger partial charge in [0.1, 0.15) is 17.3 Å². The number of hydrogen-bond donors (Lipinski definition) is 2. The zero-order chi connectivity index (χ0) is 27.3. The third kappa shape index (κ3) is 6.46. The lowest BCUT2D eigenvalue weighted by atomic mass is 9.92. The molecule has 0 aliphatic carbocycles. The number of nitrogens with one attached hydrogen (secondary N) is 2. The maximum atomic E-state index is 13.1. The van der Waals surface area contributed by atoms with E-state index < -0.39 is 0 Å². The van der Waals surface area contributed by atoms with Crippen molar-refractivity contribution < 1.29 is 19.0 Å². The van der Waals surface area contributed by atoms with Crippen molar-refractivity contribution in [2.24, 2.45) is 0 Å². The molecule has 2 N–H and O–H groups in total. The lowest BCUT2D eigenvalue weighted by Crippen LogP contribution is -2.44. The van der Waals surface area contributed by atoms with Gasteiger partial charge in [-0.3, -0.25) is 5.32 Å². The number of hydrogen-bond acceptors (Lipinski definition) is 6. The number of urea groups is 1. The summed E-state index contributed by atoms with van der Waals surface area (Å²) in [5, 5.41) is 10.8. The van der Waals surface area contributed by atoms with E-state index in [0.717, 1.165) is 34.7 Å². The highest BCUT2D eigenvalue weighted by molar-refractivity contribution is 5.89. The largest absolute Gasteiger partial charge is 0.494 e. The van der Waals surface area contributed by atoms with Crippen LogP contribution in [-0.4, -0.2) is 55.5 Å². The Bertz CT molecular complexity index is 1250. The summed E-state index contributed by atoms with van der Waals surface area (Å²) in [5.74, 6) is 1.25. The normalized spacial score (nSPS) is 15.8. The predicted octanol–water partition coefficient (Wildman–Crippen LogP) is 5.01. The van der Waals surface area contributed by atoms with Gasteiger partial charge in [0.2, 0.25) is 0 Å². The maximum absolute atomic E-state index is 13.1. The van der Waals surface area contributed by atoms with Gasteiger partial charge in [-0.25, -0.2) is 9.48 Å². The number of benzene rings is 2. The Balaban J connectivity index is 1.52. The Morgan fingerprint density at radius 2 is 1.95 bits per heavy atom. The summed E-state index contributed by atoms with van der Waals surface area (Å²) < 4.78 is 18.7. The number of methoxy groups -OCH3 is 1. The van der Waals surface area contributed by atoms with E-state index in [9.17, 15) is 4.79 Å². The molecule has 0 radical (unpaired) electrons. The molecule has 1 atom stereocenters. The molecule has 2 heterocycles. The van der Waals surface area contributed by atoms with Crippen molar-refractivity contribution in [3.63, 3.8) is 0 Å². The van der Waals surface area contributed by atoms with Crippen LogP contribution in [0.5, 0.6) is 5.75 Å². The van der Waals surface area contributed by atoms with Crippen LogP contribution in [-0.2, 0) is 21.4 Å². The number of aryl methyl sites for hydroxylation is 1. The molecule has 1 saturated heterocycles. The van der Waals surface area contributed by atoms with Crippen molar-refractivity contribution in [2.45, 2.75) is 52.9 Å². The molecule has 1 aliphatic heterocycles. The van der Waals surface area contributed by atoms with E-state index in [-0.39, 0.29) is 17.7 Å². The first-order chi connectivity index (χ1) is 18.2. The highest BCUT2D eigenvalue weighted by Crippen LogP contribution is 2.31. The van der Waals surface area contributed by atoms with Crippen molar-refractivity contribution in [2.75, 3.05) is 43.6 Å². The lowest BCUT2D eigenvalue weighted by molar-refractivity contribution is -0.143. The van der Waals surface area contributed by atoms with Gasteiger partial charge < -0.3 is 24.4 Å². The Morgan fingerprint density at radius 3 is 2.68 bits per heavy atom. The van der Waals surface area contributed by atoms with Gasteiger partial charge in [0.25, 0.3) is 0 Å². The van der Waals surface area contributed by atoms with Crippen molar-refractivity contribution in [1.29, 1.82) is 0 Å². The number of carbonyl (C=O) groups is 1. The zero-order valence-electron chi connectivity index (χ0n) is 23.2. The molecule has 0 bridgehead atoms. The summed E-state index contributed by atoms with van der Waals surface area (Å²) in [7, 11) is 1.63. The average molecular weight is 522 g/mol. The second-order valence-electron chi connectivity index (χ2n) is 10.4. The van der Waals surface area contributed by atoms with Gasteiger partial charge in [0.05, 0.1) is 26.0 Å². The Labute approximate surface area is 225 Å². The first-order valence-electron chi connectivity index (χ1n) is 13.1. The van der Waals surface area contributed by atoms with Gasteiger partial charge in [0, 0.05) is 36.9 Å². The first kappa shape index (κ1) is 27.5. The van der Waals surface area contributed by atoms with Crippen LogP contribution in [0.3, 0.4) is 0 Å². The third-order valence-electron chi connectivity index (χ3n) is 6.44. The Morgan fingerprint density at radius 1 is 1.16 bits per heavy atom. The van der Waals surface area contributed by atoms with E-state index in [1.165, 1.54) is 0 Å². The predicted molar refractivity (Wildman–Crippen MR) is 149 cm³/mol. The summed E-state index contributed by atoms with van der Waals surface area (Å²) in [4.78, 5) is 15.4. The second-order valence-corrected chi connectivity index (χ2v) is 10.4. The van der Waals surface area contributed by atoms with Crippen LogP contribution in [0.2, 0.25) is 0 Å². The zero-order valence-corrected chi connectivity index (χ0v) is 23.2. The van der Waals surface area contributed by atoms with Crippen LogP contribution in [0.15, 0.2) is 48.5 Å². The van der Waals surface area contributed by atoms with Crippen molar-refractivity contribution in [3.05, 3.63) is 65.4 Å². The summed E-state index contributed by atoms with van der Waals surface area (Å²) in [6, 6.07) is 15.6. The monoisotopic (exact) mass is 521 g/mol. The first-order valence-corrected chi connectivity index (χ1v) is 13.1. The van der Waals surface area contributed by atoms with Gasteiger partial charge in [-0.05, 0) is 43.2 Å². The molecule has 1 aromatic heterocycles. The van der Waals surface area contributed by atoms with E-state index >= 15 is 0 Å². The molecule has 0 saturated carbocycles. The third-order valence-corrected chi connectivity index (χ3v) is 6.44.